The molecule has 4 heteroatoms. The van der Waals surface area contributed by atoms with E-state index < -0.39 is 0 Å². The molecule has 0 unspecified atom stereocenters. The Morgan fingerprint density at radius 1 is 1.09 bits per heavy atom. The SMILES string of the molecule is Cc1cccc(CC(=O)N2CCCN(C(=O)C(C)C)CC2)c1. The third-order valence-electron chi connectivity index (χ3n) is 4.09. The first kappa shape index (κ1) is 16.5. The summed E-state index contributed by atoms with van der Waals surface area (Å²) in [5, 5.41) is 0. The summed E-state index contributed by atoms with van der Waals surface area (Å²) in [6.45, 7) is 8.68. The summed E-state index contributed by atoms with van der Waals surface area (Å²) in [4.78, 5) is 28.3. The van der Waals surface area contributed by atoms with Crippen LogP contribution in [0.4, 0.5) is 0 Å². The Bertz CT molecular complexity index is 540. The van der Waals surface area contributed by atoms with Crippen molar-refractivity contribution in [3.63, 3.8) is 0 Å². The summed E-state index contributed by atoms with van der Waals surface area (Å²) in [5.41, 5.74) is 2.24. The predicted octanol–water partition coefficient (Wildman–Crippen LogP) is 2.25. The second kappa shape index (κ2) is 7.43. The van der Waals surface area contributed by atoms with E-state index in [2.05, 4.69) is 6.07 Å². The van der Waals surface area contributed by atoms with Crippen LogP contribution in [0.2, 0.25) is 0 Å². The van der Waals surface area contributed by atoms with Crippen LogP contribution in [-0.4, -0.2) is 47.8 Å². The number of carbonyl (C=O) groups is 2. The second-order valence-electron chi connectivity index (χ2n) is 6.38. The van der Waals surface area contributed by atoms with Gasteiger partial charge in [-0.1, -0.05) is 43.7 Å². The van der Waals surface area contributed by atoms with Crippen LogP contribution in [0, 0.1) is 12.8 Å². The molecule has 0 saturated carbocycles. The Balaban J connectivity index is 1.93. The summed E-state index contributed by atoms with van der Waals surface area (Å²) in [6, 6.07) is 8.08. The largest absolute Gasteiger partial charge is 0.341 e. The molecule has 1 saturated heterocycles. The highest BCUT2D eigenvalue weighted by molar-refractivity contribution is 5.80. The molecular formula is C18H26N2O2. The van der Waals surface area contributed by atoms with Gasteiger partial charge in [-0.05, 0) is 18.9 Å². The molecule has 22 heavy (non-hydrogen) atoms. The lowest BCUT2D eigenvalue weighted by Crippen LogP contribution is -2.39. The van der Waals surface area contributed by atoms with Crippen LogP contribution >= 0.6 is 0 Å². The lowest BCUT2D eigenvalue weighted by molar-refractivity contribution is -0.135. The molecule has 1 aliphatic rings. The molecule has 1 aromatic carbocycles. The van der Waals surface area contributed by atoms with E-state index in [-0.39, 0.29) is 17.7 Å². The molecular weight excluding hydrogens is 276 g/mol. The van der Waals surface area contributed by atoms with Crippen molar-refractivity contribution in [2.24, 2.45) is 5.92 Å². The Hall–Kier alpha value is -1.84. The van der Waals surface area contributed by atoms with Crippen molar-refractivity contribution >= 4 is 11.8 Å². The van der Waals surface area contributed by atoms with Crippen LogP contribution in [0.5, 0.6) is 0 Å². The number of rotatable bonds is 3. The Labute approximate surface area is 133 Å². The molecule has 1 aliphatic heterocycles. The van der Waals surface area contributed by atoms with E-state index in [4.69, 9.17) is 0 Å². The molecule has 2 rings (SSSR count). The van der Waals surface area contributed by atoms with Gasteiger partial charge in [-0.2, -0.15) is 0 Å². The quantitative estimate of drug-likeness (QED) is 0.859. The van der Waals surface area contributed by atoms with Crippen LogP contribution < -0.4 is 0 Å². The number of hydrogen-bond acceptors (Lipinski definition) is 2. The van der Waals surface area contributed by atoms with Gasteiger partial charge in [-0.25, -0.2) is 0 Å². The maximum atomic E-state index is 12.5. The molecule has 120 valence electrons. The molecule has 1 fully saturated rings. The topological polar surface area (TPSA) is 40.6 Å². The monoisotopic (exact) mass is 302 g/mol. The van der Waals surface area contributed by atoms with Crippen LogP contribution in [0.3, 0.4) is 0 Å². The van der Waals surface area contributed by atoms with Gasteiger partial charge in [0.1, 0.15) is 0 Å². The molecule has 2 amide bonds. The van der Waals surface area contributed by atoms with Crippen molar-refractivity contribution in [3.05, 3.63) is 35.4 Å². The number of nitrogens with zero attached hydrogens (tertiary/aromatic N) is 2. The summed E-state index contributed by atoms with van der Waals surface area (Å²) in [7, 11) is 0. The summed E-state index contributed by atoms with van der Waals surface area (Å²) < 4.78 is 0. The Morgan fingerprint density at radius 2 is 1.77 bits per heavy atom. The molecule has 0 atom stereocenters. The maximum Gasteiger partial charge on any atom is 0.227 e. The minimum Gasteiger partial charge on any atom is -0.341 e. The zero-order valence-electron chi connectivity index (χ0n) is 13.8. The lowest BCUT2D eigenvalue weighted by Gasteiger charge is -2.23. The first-order valence-electron chi connectivity index (χ1n) is 8.09. The molecule has 0 aromatic heterocycles. The summed E-state index contributed by atoms with van der Waals surface area (Å²) in [6.07, 6.45) is 1.30. The van der Waals surface area contributed by atoms with Gasteiger partial charge in [0, 0.05) is 32.1 Å². The Kier molecular flexibility index (Phi) is 5.58. The van der Waals surface area contributed by atoms with E-state index in [1.807, 2.05) is 48.8 Å². The van der Waals surface area contributed by atoms with Gasteiger partial charge < -0.3 is 9.80 Å². The van der Waals surface area contributed by atoms with E-state index in [0.29, 0.717) is 19.5 Å². The van der Waals surface area contributed by atoms with Gasteiger partial charge in [0.05, 0.1) is 6.42 Å². The zero-order valence-corrected chi connectivity index (χ0v) is 13.8. The van der Waals surface area contributed by atoms with Crippen molar-refractivity contribution in [1.29, 1.82) is 0 Å². The van der Waals surface area contributed by atoms with E-state index in [1.165, 1.54) is 5.56 Å². The van der Waals surface area contributed by atoms with E-state index in [9.17, 15) is 9.59 Å². The fourth-order valence-corrected chi connectivity index (χ4v) is 2.86. The minimum absolute atomic E-state index is 0.0227. The summed E-state index contributed by atoms with van der Waals surface area (Å²) >= 11 is 0. The van der Waals surface area contributed by atoms with Crippen LogP contribution in [0.1, 0.15) is 31.4 Å². The first-order chi connectivity index (χ1) is 10.5. The van der Waals surface area contributed by atoms with E-state index in [1.54, 1.807) is 0 Å². The maximum absolute atomic E-state index is 12.5. The van der Waals surface area contributed by atoms with Gasteiger partial charge >= 0.3 is 0 Å². The average molecular weight is 302 g/mol. The highest BCUT2D eigenvalue weighted by atomic mass is 16.2. The number of hydrogen-bond donors (Lipinski definition) is 0. The van der Waals surface area contributed by atoms with Gasteiger partial charge in [-0.15, -0.1) is 0 Å². The zero-order chi connectivity index (χ0) is 16.1. The van der Waals surface area contributed by atoms with E-state index in [0.717, 1.165) is 25.1 Å². The highest BCUT2D eigenvalue weighted by Gasteiger charge is 2.23. The predicted molar refractivity (Wildman–Crippen MR) is 87.5 cm³/mol. The third kappa shape index (κ3) is 4.33. The standard InChI is InChI=1S/C18H26N2O2/c1-14(2)18(22)20-9-5-8-19(10-11-20)17(21)13-16-7-4-6-15(3)12-16/h4,6-7,12,14H,5,8-11,13H2,1-3H3. The molecule has 1 heterocycles. The number of aryl methyl sites for hydroxylation is 1. The normalized spacial score (nSPS) is 15.8. The number of benzene rings is 1. The average Bonchev–Trinajstić information content (AvgIpc) is 2.72. The van der Waals surface area contributed by atoms with Crippen molar-refractivity contribution in [2.75, 3.05) is 26.2 Å². The van der Waals surface area contributed by atoms with Crippen molar-refractivity contribution in [3.8, 4) is 0 Å². The molecule has 0 aliphatic carbocycles. The lowest BCUT2D eigenvalue weighted by atomic mass is 10.1. The van der Waals surface area contributed by atoms with Gasteiger partial charge in [0.15, 0.2) is 0 Å². The molecule has 1 aromatic rings. The highest BCUT2D eigenvalue weighted by Crippen LogP contribution is 2.11. The number of carbonyl (C=O) groups excluding carboxylic acids is 2. The first-order valence-corrected chi connectivity index (χ1v) is 8.09. The van der Waals surface area contributed by atoms with Gasteiger partial charge in [0.2, 0.25) is 11.8 Å². The molecule has 0 radical (unpaired) electrons. The summed E-state index contributed by atoms with van der Waals surface area (Å²) in [5.74, 6) is 0.368. The van der Waals surface area contributed by atoms with Gasteiger partial charge in [-0.3, -0.25) is 9.59 Å². The van der Waals surface area contributed by atoms with Crippen LogP contribution in [-0.2, 0) is 16.0 Å². The second-order valence-corrected chi connectivity index (χ2v) is 6.38. The van der Waals surface area contributed by atoms with Crippen LogP contribution in [0.25, 0.3) is 0 Å². The molecule has 4 nitrogen and oxygen atoms in total. The van der Waals surface area contributed by atoms with E-state index >= 15 is 0 Å². The number of amides is 2. The van der Waals surface area contributed by atoms with Crippen molar-refractivity contribution in [2.45, 2.75) is 33.6 Å². The minimum atomic E-state index is 0.0227. The molecule has 0 bridgehead atoms. The Morgan fingerprint density at radius 3 is 2.45 bits per heavy atom. The fraction of sp³-hybridized carbons (Fsp3) is 0.556. The smallest absolute Gasteiger partial charge is 0.227 e. The van der Waals surface area contributed by atoms with Crippen molar-refractivity contribution in [1.82, 2.24) is 9.80 Å². The third-order valence-corrected chi connectivity index (χ3v) is 4.09. The fourth-order valence-electron chi connectivity index (χ4n) is 2.86. The van der Waals surface area contributed by atoms with Crippen LogP contribution in [0.15, 0.2) is 24.3 Å². The van der Waals surface area contributed by atoms with Crippen molar-refractivity contribution < 1.29 is 9.59 Å². The van der Waals surface area contributed by atoms with Gasteiger partial charge in [0.25, 0.3) is 0 Å². The molecule has 0 N–H and O–H groups in total. The molecule has 0 spiro atoms.